The number of H-pyrrole nitrogens is 1. The molecule has 0 fully saturated rings. The van der Waals surface area contributed by atoms with E-state index in [2.05, 4.69) is 34.1 Å². The Hall–Kier alpha value is -1.88. The standard InChI is InChI=1S/C13H14N4S/c1-8-7-14-13(18-8)15-9(2)12-16-10-5-3-4-6-11(10)17-12/h3-7,9H,1-2H3,(H,14,15)(H,16,17). The summed E-state index contributed by atoms with van der Waals surface area (Å²) < 4.78 is 0. The fraction of sp³-hybridized carbons (Fsp3) is 0.231. The number of anilines is 1. The Kier molecular flexibility index (Phi) is 2.76. The molecule has 5 heteroatoms. The first-order valence-corrected chi connectivity index (χ1v) is 6.67. The summed E-state index contributed by atoms with van der Waals surface area (Å²) in [4.78, 5) is 13.4. The Morgan fingerprint density at radius 2 is 2.17 bits per heavy atom. The van der Waals surface area contributed by atoms with E-state index in [9.17, 15) is 0 Å². The first-order valence-electron chi connectivity index (χ1n) is 5.86. The first kappa shape index (κ1) is 11.2. The zero-order valence-corrected chi connectivity index (χ0v) is 11.1. The molecule has 4 nitrogen and oxygen atoms in total. The van der Waals surface area contributed by atoms with Crippen molar-refractivity contribution in [1.29, 1.82) is 0 Å². The summed E-state index contributed by atoms with van der Waals surface area (Å²) in [6.07, 6.45) is 1.87. The Morgan fingerprint density at radius 3 is 2.89 bits per heavy atom. The summed E-state index contributed by atoms with van der Waals surface area (Å²) in [6.45, 7) is 4.13. The summed E-state index contributed by atoms with van der Waals surface area (Å²) in [5, 5.41) is 4.28. The van der Waals surface area contributed by atoms with Gasteiger partial charge in [-0.05, 0) is 26.0 Å². The molecule has 0 aliphatic carbocycles. The number of nitrogens with one attached hydrogen (secondary N) is 2. The van der Waals surface area contributed by atoms with E-state index in [4.69, 9.17) is 0 Å². The highest BCUT2D eigenvalue weighted by Crippen LogP contribution is 2.23. The number of imidazole rings is 1. The molecule has 1 atom stereocenters. The monoisotopic (exact) mass is 258 g/mol. The number of fused-ring (bicyclic) bond motifs is 1. The summed E-state index contributed by atoms with van der Waals surface area (Å²) in [7, 11) is 0. The molecule has 0 spiro atoms. The maximum atomic E-state index is 4.57. The van der Waals surface area contributed by atoms with Crippen LogP contribution in [0.4, 0.5) is 5.13 Å². The summed E-state index contributed by atoms with van der Waals surface area (Å²) in [6, 6.07) is 8.16. The maximum Gasteiger partial charge on any atom is 0.183 e. The van der Waals surface area contributed by atoms with Gasteiger partial charge in [0, 0.05) is 11.1 Å². The zero-order chi connectivity index (χ0) is 12.5. The van der Waals surface area contributed by atoms with Gasteiger partial charge in [0.2, 0.25) is 0 Å². The molecule has 0 aliphatic rings. The molecule has 1 aromatic carbocycles. The highest BCUT2D eigenvalue weighted by atomic mass is 32.1. The van der Waals surface area contributed by atoms with Crippen molar-refractivity contribution in [3.05, 3.63) is 41.2 Å². The third kappa shape index (κ3) is 2.09. The SMILES string of the molecule is Cc1cnc(NC(C)c2nc3ccccc3[nH]2)s1. The number of aromatic amines is 1. The lowest BCUT2D eigenvalue weighted by Crippen LogP contribution is -2.07. The molecule has 2 heterocycles. The van der Waals surface area contributed by atoms with Crippen molar-refractivity contribution in [1.82, 2.24) is 15.0 Å². The minimum atomic E-state index is 0.114. The van der Waals surface area contributed by atoms with Gasteiger partial charge in [-0.2, -0.15) is 0 Å². The molecule has 3 rings (SSSR count). The summed E-state index contributed by atoms with van der Waals surface area (Å²) >= 11 is 1.65. The summed E-state index contributed by atoms with van der Waals surface area (Å²) in [5.74, 6) is 0.934. The number of benzene rings is 1. The quantitative estimate of drug-likeness (QED) is 0.756. The van der Waals surface area contributed by atoms with Crippen molar-refractivity contribution >= 4 is 27.5 Å². The lowest BCUT2D eigenvalue weighted by atomic mass is 10.3. The largest absolute Gasteiger partial charge is 0.352 e. The van der Waals surface area contributed by atoms with Crippen molar-refractivity contribution in [2.75, 3.05) is 5.32 Å². The highest BCUT2D eigenvalue weighted by molar-refractivity contribution is 7.15. The Morgan fingerprint density at radius 1 is 1.33 bits per heavy atom. The number of hydrogen-bond acceptors (Lipinski definition) is 4. The molecular weight excluding hydrogens is 244 g/mol. The topological polar surface area (TPSA) is 53.6 Å². The van der Waals surface area contributed by atoms with E-state index in [1.807, 2.05) is 30.5 Å². The van der Waals surface area contributed by atoms with Crippen molar-refractivity contribution in [3.8, 4) is 0 Å². The van der Waals surface area contributed by atoms with Gasteiger partial charge in [0.15, 0.2) is 5.13 Å². The number of thiazole rings is 1. The van der Waals surface area contributed by atoms with Gasteiger partial charge in [-0.3, -0.25) is 0 Å². The van der Waals surface area contributed by atoms with E-state index >= 15 is 0 Å². The normalized spacial score (nSPS) is 12.8. The third-order valence-corrected chi connectivity index (χ3v) is 3.62. The van der Waals surface area contributed by atoms with Crippen molar-refractivity contribution in [2.24, 2.45) is 0 Å². The van der Waals surface area contributed by atoms with E-state index in [1.54, 1.807) is 11.3 Å². The second kappa shape index (κ2) is 4.42. The van der Waals surface area contributed by atoms with Crippen molar-refractivity contribution in [3.63, 3.8) is 0 Å². The van der Waals surface area contributed by atoms with Gasteiger partial charge in [-0.1, -0.05) is 12.1 Å². The number of nitrogens with zero attached hydrogens (tertiary/aromatic N) is 2. The zero-order valence-electron chi connectivity index (χ0n) is 10.3. The molecule has 2 N–H and O–H groups in total. The maximum absolute atomic E-state index is 4.57. The minimum Gasteiger partial charge on any atom is -0.352 e. The molecule has 0 saturated heterocycles. The fourth-order valence-corrected chi connectivity index (χ4v) is 2.60. The molecule has 0 amide bonds. The minimum absolute atomic E-state index is 0.114. The number of aromatic nitrogens is 3. The number of hydrogen-bond donors (Lipinski definition) is 2. The van der Waals surface area contributed by atoms with Gasteiger partial charge in [0.1, 0.15) is 5.82 Å². The second-order valence-corrected chi connectivity index (χ2v) is 5.52. The van der Waals surface area contributed by atoms with Crippen LogP contribution in [0.15, 0.2) is 30.5 Å². The van der Waals surface area contributed by atoms with Crippen LogP contribution in [0.1, 0.15) is 23.7 Å². The van der Waals surface area contributed by atoms with Crippen LogP contribution in [-0.4, -0.2) is 15.0 Å². The lowest BCUT2D eigenvalue weighted by molar-refractivity contribution is 0.813. The second-order valence-electron chi connectivity index (χ2n) is 4.28. The van der Waals surface area contributed by atoms with Crippen molar-refractivity contribution < 1.29 is 0 Å². The van der Waals surface area contributed by atoms with Crippen LogP contribution in [0.25, 0.3) is 11.0 Å². The average Bonchev–Trinajstić information content (AvgIpc) is 2.95. The molecule has 92 valence electrons. The molecule has 0 bridgehead atoms. The van der Waals surface area contributed by atoms with Gasteiger partial charge in [-0.15, -0.1) is 11.3 Å². The van der Waals surface area contributed by atoms with Crippen LogP contribution in [0.3, 0.4) is 0 Å². The number of aryl methyl sites for hydroxylation is 1. The van der Waals surface area contributed by atoms with Gasteiger partial charge in [0.25, 0.3) is 0 Å². The summed E-state index contributed by atoms with van der Waals surface area (Å²) in [5.41, 5.74) is 2.06. The lowest BCUT2D eigenvalue weighted by Gasteiger charge is -2.09. The van der Waals surface area contributed by atoms with Gasteiger partial charge in [0.05, 0.1) is 17.1 Å². The molecule has 0 aliphatic heterocycles. The first-order chi connectivity index (χ1) is 8.72. The van der Waals surface area contributed by atoms with E-state index in [0.29, 0.717) is 0 Å². The van der Waals surface area contributed by atoms with Crippen LogP contribution in [0.5, 0.6) is 0 Å². The van der Waals surface area contributed by atoms with Gasteiger partial charge >= 0.3 is 0 Å². The Labute approximate surface area is 109 Å². The van der Waals surface area contributed by atoms with Crippen molar-refractivity contribution in [2.45, 2.75) is 19.9 Å². The molecular formula is C13H14N4S. The molecule has 0 saturated carbocycles. The average molecular weight is 258 g/mol. The van der Waals surface area contributed by atoms with Crippen LogP contribution in [-0.2, 0) is 0 Å². The molecule has 3 aromatic rings. The highest BCUT2D eigenvalue weighted by Gasteiger charge is 2.11. The van der Waals surface area contributed by atoms with Crippen LogP contribution in [0.2, 0.25) is 0 Å². The van der Waals surface area contributed by atoms with E-state index in [-0.39, 0.29) is 6.04 Å². The van der Waals surface area contributed by atoms with Gasteiger partial charge in [-0.25, -0.2) is 9.97 Å². The predicted molar refractivity (Wildman–Crippen MR) is 75.0 cm³/mol. The predicted octanol–water partition coefficient (Wildman–Crippen LogP) is 3.50. The van der Waals surface area contributed by atoms with Gasteiger partial charge < -0.3 is 10.3 Å². The Bertz CT molecular complexity index is 637. The van der Waals surface area contributed by atoms with Crippen LogP contribution >= 0.6 is 11.3 Å². The van der Waals surface area contributed by atoms with E-state index < -0.39 is 0 Å². The van der Waals surface area contributed by atoms with Crippen LogP contribution < -0.4 is 5.32 Å². The smallest absolute Gasteiger partial charge is 0.183 e. The molecule has 18 heavy (non-hydrogen) atoms. The molecule has 1 unspecified atom stereocenters. The number of para-hydroxylation sites is 2. The van der Waals surface area contributed by atoms with E-state index in [0.717, 1.165) is 22.0 Å². The third-order valence-electron chi connectivity index (χ3n) is 2.78. The fourth-order valence-electron chi connectivity index (χ4n) is 1.85. The Balaban J connectivity index is 1.85. The molecule has 2 aromatic heterocycles. The molecule has 0 radical (unpaired) electrons. The van der Waals surface area contributed by atoms with Crippen LogP contribution in [0, 0.1) is 6.92 Å². The van der Waals surface area contributed by atoms with E-state index in [1.165, 1.54) is 4.88 Å². The number of rotatable bonds is 3.